The van der Waals surface area contributed by atoms with Crippen LogP contribution in [0.3, 0.4) is 0 Å². The molecule has 2 unspecified atom stereocenters. The summed E-state index contributed by atoms with van der Waals surface area (Å²) in [5.74, 6) is 3.51. The van der Waals surface area contributed by atoms with Crippen LogP contribution in [0.1, 0.15) is 99.6 Å². The molecule has 9 aromatic rings. The molecule has 12 aliphatic rings. The number of hydrogen-bond donors (Lipinski definition) is 13. The first-order chi connectivity index (χ1) is 66.9. The number of carbonyl (C=O) groups is 9. The van der Waals surface area contributed by atoms with Crippen molar-refractivity contribution in [2.45, 2.75) is 107 Å². The van der Waals surface area contributed by atoms with E-state index in [4.69, 9.17) is 105 Å². The molecule has 13 heterocycles. The Morgan fingerprint density at radius 1 is 0.464 bits per heavy atom. The zero-order chi connectivity index (χ0) is 96.2. The van der Waals surface area contributed by atoms with Crippen LogP contribution in [0.2, 0.25) is 15.1 Å². The Morgan fingerprint density at radius 2 is 0.797 bits per heavy atom. The number of halogens is 3. The molecular formula is C90H97Cl3N26O19. The third-order valence-corrected chi connectivity index (χ3v) is 26.0. The summed E-state index contributed by atoms with van der Waals surface area (Å²) in [5, 5.41) is 49.9. The van der Waals surface area contributed by atoms with Crippen LogP contribution in [0.5, 0.6) is 29.3 Å². The fraction of sp³-hybridized carbons (Fsp3) is 0.411. The van der Waals surface area contributed by atoms with E-state index < -0.39 is 24.4 Å². The van der Waals surface area contributed by atoms with Gasteiger partial charge in [-0.1, -0.05) is 71.2 Å². The Balaban J connectivity index is 0.000000126. The SMILES string of the molecule is N#Cc1cc(OCc2cc[nH]n2)cc2c1CC(CNCCC1CN(c3cnc4c(n3)NC(=O)CO4)C(=O)O1)C2.N[C@@H]1c2cccc(Cl)c2C[C@H]1CNCC[C@H]1CN(c2cnc3c(n2)NC(=O)CO3)C(=O)O1.N[C@H]1c2cccc(Cl)c2C[C@@H]1CNCC[C@@H]1CN(c2cnc3c(n2)NC(=O)CO3)C(=O)O1.N[C@H]1c2cccc(Cl)c2C[C@@H]1CNCC[C@H]1CN(c2cnc3c(n2)NC(=O)CO3)C(=O)O1.O=CO. The molecule has 4 aliphatic carbocycles. The molecule has 722 valence electrons. The van der Waals surface area contributed by atoms with Gasteiger partial charge in [-0.05, 0) is 195 Å². The van der Waals surface area contributed by atoms with Crippen LogP contribution in [0.25, 0.3) is 0 Å². The van der Waals surface area contributed by atoms with E-state index in [0.29, 0.717) is 125 Å². The van der Waals surface area contributed by atoms with E-state index in [1.54, 1.807) is 12.3 Å². The molecular weight excluding hydrogens is 1860 g/mol. The number of benzene rings is 4. The zero-order valence-corrected chi connectivity index (χ0v) is 76.3. The number of anilines is 8. The number of carbonyl (C=O) groups excluding carboxylic acids is 8. The van der Waals surface area contributed by atoms with E-state index in [9.17, 15) is 43.6 Å². The first-order valence-corrected chi connectivity index (χ1v) is 45.9. The Morgan fingerprint density at radius 3 is 1.11 bits per heavy atom. The summed E-state index contributed by atoms with van der Waals surface area (Å²) in [7, 11) is 0. The smallest absolute Gasteiger partial charge is 0.415 e. The van der Waals surface area contributed by atoms with Gasteiger partial charge in [0.1, 0.15) is 36.8 Å². The Labute approximate surface area is 802 Å². The van der Waals surface area contributed by atoms with E-state index >= 15 is 0 Å². The fourth-order valence-corrected chi connectivity index (χ4v) is 18.9. The third-order valence-electron chi connectivity index (χ3n) is 25.0. The molecule has 0 saturated carbocycles. The number of nitrogens with two attached hydrogens (primary N) is 3. The number of H-pyrrole nitrogens is 1. The van der Waals surface area contributed by atoms with Gasteiger partial charge >= 0.3 is 24.4 Å². The number of rotatable bonds is 27. The molecule has 16 N–H and O–H groups in total. The summed E-state index contributed by atoms with van der Waals surface area (Å²) in [6, 6.07) is 25.5. The molecule has 8 aliphatic heterocycles. The van der Waals surface area contributed by atoms with Crippen LogP contribution in [0.15, 0.2) is 104 Å². The molecule has 0 radical (unpaired) electrons. The molecule has 8 amide bonds. The van der Waals surface area contributed by atoms with Crippen molar-refractivity contribution >= 4 is 136 Å². The number of aromatic nitrogens is 10. The lowest BCUT2D eigenvalue weighted by molar-refractivity contribution is -0.123. The lowest BCUT2D eigenvalue weighted by Crippen LogP contribution is -2.32. The number of fused-ring (bicyclic) bond motifs is 8. The van der Waals surface area contributed by atoms with E-state index in [1.807, 2.05) is 66.7 Å². The second-order valence-electron chi connectivity index (χ2n) is 34.2. The molecule has 45 nitrogen and oxygen atoms in total. The Bertz CT molecular complexity index is 5730. The van der Waals surface area contributed by atoms with Gasteiger partial charge in [-0.3, -0.25) is 48.7 Å². The summed E-state index contributed by atoms with van der Waals surface area (Å²) in [4.78, 5) is 143. The van der Waals surface area contributed by atoms with Crippen molar-refractivity contribution in [3.8, 4) is 35.3 Å². The number of hydrogen-bond acceptors (Lipinski definition) is 35. The molecule has 0 spiro atoms. The summed E-state index contributed by atoms with van der Waals surface area (Å²) in [5.41, 5.74) is 29.7. The van der Waals surface area contributed by atoms with Gasteiger partial charge in [-0.25, -0.2) is 59.0 Å². The van der Waals surface area contributed by atoms with Gasteiger partial charge in [0.25, 0.3) is 53.6 Å². The van der Waals surface area contributed by atoms with Gasteiger partial charge in [0.2, 0.25) is 0 Å². The number of aromatic amines is 1. The molecule has 4 aromatic carbocycles. The number of nitrogens with one attached hydrogen (secondary N) is 9. The van der Waals surface area contributed by atoms with E-state index in [0.717, 1.165) is 124 Å². The van der Waals surface area contributed by atoms with E-state index in [1.165, 1.54) is 44.4 Å². The maximum absolute atomic E-state index is 12.4. The van der Waals surface area contributed by atoms with Gasteiger partial charge in [0.05, 0.1) is 68.3 Å². The number of amides is 8. The molecule has 4 fully saturated rings. The van der Waals surface area contributed by atoms with Crippen LogP contribution >= 0.6 is 34.8 Å². The van der Waals surface area contributed by atoms with Crippen molar-refractivity contribution in [1.29, 1.82) is 5.26 Å². The molecule has 138 heavy (non-hydrogen) atoms. The predicted molar refractivity (Wildman–Crippen MR) is 495 cm³/mol. The van der Waals surface area contributed by atoms with Crippen molar-refractivity contribution in [2.75, 3.05) is 146 Å². The van der Waals surface area contributed by atoms with Gasteiger partial charge in [0, 0.05) is 59.0 Å². The molecule has 48 heteroatoms. The monoisotopic (exact) mass is 1950 g/mol. The van der Waals surface area contributed by atoms with Crippen LogP contribution in [-0.2, 0) is 81.6 Å². The fourth-order valence-electron chi connectivity index (χ4n) is 18.1. The van der Waals surface area contributed by atoms with Crippen molar-refractivity contribution in [2.24, 2.45) is 40.9 Å². The lowest BCUT2D eigenvalue weighted by Gasteiger charge is -2.18. The van der Waals surface area contributed by atoms with Gasteiger partial charge < -0.3 is 107 Å². The highest BCUT2D eigenvalue weighted by Gasteiger charge is 2.42. The lowest BCUT2D eigenvalue weighted by atomic mass is 10.0. The highest BCUT2D eigenvalue weighted by atomic mass is 35.5. The summed E-state index contributed by atoms with van der Waals surface area (Å²) < 4.78 is 48.6. The number of cyclic esters (lactones) is 4. The predicted octanol–water partition coefficient (Wildman–Crippen LogP) is 6.32. The van der Waals surface area contributed by atoms with Crippen molar-refractivity contribution < 1.29 is 90.9 Å². The topological polar surface area (TPSA) is 600 Å². The summed E-state index contributed by atoms with van der Waals surface area (Å²) >= 11 is 18.9. The molecule has 21 rings (SSSR count). The Hall–Kier alpha value is -14.1. The minimum atomic E-state index is -0.502. The molecule has 5 aromatic heterocycles. The zero-order valence-electron chi connectivity index (χ0n) is 74.1. The minimum absolute atomic E-state index is 0.0388. The maximum atomic E-state index is 12.4. The summed E-state index contributed by atoms with van der Waals surface area (Å²) in [6.07, 6.45) is 11.2. The van der Waals surface area contributed by atoms with Crippen LogP contribution in [-0.4, -0.2) is 239 Å². The molecule has 11 atom stereocenters. The summed E-state index contributed by atoms with van der Waals surface area (Å²) in [6.45, 7) is 6.82. The van der Waals surface area contributed by atoms with Crippen LogP contribution in [0, 0.1) is 35.0 Å². The highest BCUT2D eigenvalue weighted by Crippen LogP contribution is 2.43. The van der Waals surface area contributed by atoms with Crippen molar-refractivity contribution in [3.63, 3.8) is 0 Å². The number of nitrogens with zero attached hydrogens (tertiary/aromatic N) is 14. The van der Waals surface area contributed by atoms with Crippen LogP contribution < -0.4 is 103 Å². The second kappa shape index (κ2) is 43.5. The molecule has 4 saturated heterocycles. The van der Waals surface area contributed by atoms with Crippen molar-refractivity contribution in [1.82, 2.24) is 71.3 Å². The number of carboxylic acid groups (broad SMARTS) is 1. The van der Waals surface area contributed by atoms with Gasteiger partial charge in [-0.2, -0.15) is 10.4 Å². The largest absolute Gasteiger partial charge is 0.487 e. The van der Waals surface area contributed by atoms with Gasteiger partial charge in [-0.15, -0.1) is 0 Å². The number of nitriles is 1. The average Bonchev–Trinajstić information content (AvgIpc) is 1.69. The van der Waals surface area contributed by atoms with Gasteiger partial charge in [0.15, 0.2) is 73.0 Å². The van der Waals surface area contributed by atoms with E-state index in [2.05, 4.69) is 98.7 Å². The normalized spacial score (nSPS) is 22.3. The van der Waals surface area contributed by atoms with Crippen molar-refractivity contribution in [3.05, 3.63) is 175 Å². The quantitative estimate of drug-likeness (QED) is 0.0152. The Kier molecular flexibility index (Phi) is 30.2. The molecule has 0 bridgehead atoms. The average molecular weight is 1950 g/mol. The van der Waals surface area contributed by atoms with Crippen LogP contribution in [0.4, 0.5) is 65.7 Å². The van der Waals surface area contributed by atoms with E-state index in [-0.39, 0.29) is 164 Å². The first-order valence-electron chi connectivity index (χ1n) is 44.7. The standard InChI is InChI=1S/C26H26N8O5.3C21H23ClN6O4.CH2O2/c27-9-17-8-20(37-13-18-1-4-30-33-18)7-16-5-15(6-21(16)17)10-28-3-2-19-12-34(26(36)39-19)22-11-29-25-24(31-22)32-23(35)14-38-25;3*22-15-3-1-2-13-14(15)6-11(18(13)23)7-24-5-4-12-9-28(21(30)32-12)16-8-25-20-19(26-16)27-17(29)10-31-20;2-1-3/h1,4,7-8,11,15,19,28H,2-3,5-6,10,12-14H2,(H,30,33)(H,31,32,35);3*1-3,8,11-12,18,24H,4-7,9-10,23H2,(H,26,27,29);1H,(H,2,3)/t;11-,12+,18-;2*11-,12-,18-;/m.110./s1. The first kappa shape index (κ1) is 95.6. The minimum Gasteiger partial charge on any atom is -0.487 e. The maximum Gasteiger partial charge on any atom is 0.415 e. The third kappa shape index (κ3) is 22.4. The highest BCUT2D eigenvalue weighted by molar-refractivity contribution is 6.32. The number of ether oxygens (including phenoxy) is 9. The second-order valence-corrected chi connectivity index (χ2v) is 35.4.